The second-order valence-electron chi connectivity index (χ2n) is 5.33. The smallest absolute Gasteiger partial charge is 0.134 e. The predicted molar refractivity (Wildman–Crippen MR) is 75.2 cm³/mol. The number of aryl methyl sites for hydroxylation is 1. The standard InChI is InChI=1S/C14H24N4/c1-5-18-8-6-12(7-9-18)14-15-11(2)10-13(16-14)17(3)4/h10,12H,5-9H2,1-4H3. The highest BCUT2D eigenvalue weighted by Gasteiger charge is 2.22. The average Bonchev–Trinajstić information content (AvgIpc) is 2.38. The highest BCUT2D eigenvalue weighted by Crippen LogP contribution is 2.26. The molecule has 18 heavy (non-hydrogen) atoms. The molecule has 1 fully saturated rings. The molecule has 2 heterocycles. The molecule has 1 aliphatic rings. The van der Waals surface area contributed by atoms with Gasteiger partial charge in [0.1, 0.15) is 11.6 Å². The van der Waals surface area contributed by atoms with Crippen LogP contribution in [-0.4, -0.2) is 48.6 Å². The van der Waals surface area contributed by atoms with E-state index in [2.05, 4.69) is 28.6 Å². The minimum atomic E-state index is 0.534. The molecule has 100 valence electrons. The summed E-state index contributed by atoms with van der Waals surface area (Å²) < 4.78 is 0. The van der Waals surface area contributed by atoms with Gasteiger partial charge in [0, 0.05) is 31.8 Å². The molecular formula is C14H24N4. The zero-order valence-corrected chi connectivity index (χ0v) is 12.0. The third kappa shape index (κ3) is 2.99. The summed E-state index contributed by atoms with van der Waals surface area (Å²) in [5.41, 5.74) is 1.07. The van der Waals surface area contributed by atoms with Crippen LogP contribution in [0.15, 0.2) is 6.07 Å². The maximum atomic E-state index is 4.70. The van der Waals surface area contributed by atoms with Crippen molar-refractivity contribution in [1.29, 1.82) is 0 Å². The number of hydrogen-bond acceptors (Lipinski definition) is 4. The molecule has 0 unspecified atom stereocenters. The number of piperidine rings is 1. The molecular weight excluding hydrogens is 224 g/mol. The van der Waals surface area contributed by atoms with Crippen LogP contribution in [0, 0.1) is 6.92 Å². The second kappa shape index (κ2) is 5.65. The Morgan fingerprint density at radius 1 is 1.28 bits per heavy atom. The Kier molecular flexibility index (Phi) is 4.17. The Labute approximate surface area is 110 Å². The van der Waals surface area contributed by atoms with E-state index < -0.39 is 0 Å². The molecule has 4 nitrogen and oxygen atoms in total. The van der Waals surface area contributed by atoms with Gasteiger partial charge in [0.05, 0.1) is 0 Å². The zero-order chi connectivity index (χ0) is 13.1. The van der Waals surface area contributed by atoms with E-state index >= 15 is 0 Å². The van der Waals surface area contributed by atoms with Gasteiger partial charge in [0.2, 0.25) is 0 Å². The quantitative estimate of drug-likeness (QED) is 0.819. The van der Waals surface area contributed by atoms with Crippen LogP contribution in [0.5, 0.6) is 0 Å². The summed E-state index contributed by atoms with van der Waals surface area (Å²) in [6.07, 6.45) is 2.37. The Morgan fingerprint density at radius 2 is 1.94 bits per heavy atom. The predicted octanol–water partition coefficient (Wildman–Crippen LogP) is 2.05. The van der Waals surface area contributed by atoms with Crippen molar-refractivity contribution in [3.05, 3.63) is 17.6 Å². The van der Waals surface area contributed by atoms with Crippen LogP contribution in [0.2, 0.25) is 0 Å². The summed E-state index contributed by atoms with van der Waals surface area (Å²) >= 11 is 0. The van der Waals surface area contributed by atoms with E-state index in [0.717, 1.165) is 23.9 Å². The van der Waals surface area contributed by atoms with Gasteiger partial charge in [-0.1, -0.05) is 6.92 Å². The highest BCUT2D eigenvalue weighted by molar-refractivity contribution is 5.38. The van der Waals surface area contributed by atoms with Gasteiger partial charge in [-0.05, 0) is 39.4 Å². The molecule has 1 aliphatic heterocycles. The van der Waals surface area contributed by atoms with Crippen molar-refractivity contribution in [2.24, 2.45) is 0 Å². The minimum Gasteiger partial charge on any atom is -0.363 e. The van der Waals surface area contributed by atoms with Gasteiger partial charge in [0.25, 0.3) is 0 Å². The average molecular weight is 248 g/mol. The van der Waals surface area contributed by atoms with Gasteiger partial charge in [-0.15, -0.1) is 0 Å². The SMILES string of the molecule is CCN1CCC(c2nc(C)cc(N(C)C)n2)CC1. The van der Waals surface area contributed by atoms with Crippen LogP contribution in [-0.2, 0) is 0 Å². The molecule has 0 amide bonds. The molecule has 2 rings (SSSR count). The van der Waals surface area contributed by atoms with E-state index in [1.165, 1.54) is 25.9 Å². The zero-order valence-electron chi connectivity index (χ0n) is 12.0. The van der Waals surface area contributed by atoms with Gasteiger partial charge < -0.3 is 9.80 Å². The first-order chi connectivity index (χ1) is 8.60. The molecule has 0 spiro atoms. The van der Waals surface area contributed by atoms with Gasteiger partial charge in [-0.25, -0.2) is 9.97 Å². The first-order valence-electron chi connectivity index (χ1n) is 6.85. The lowest BCUT2D eigenvalue weighted by Gasteiger charge is -2.30. The normalized spacial score (nSPS) is 18.0. The number of anilines is 1. The molecule has 0 atom stereocenters. The maximum absolute atomic E-state index is 4.70. The minimum absolute atomic E-state index is 0.534. The lowest BCUT2D eigenvalue weighted by molar-refractivity contribution is 0.219. The van der Waals surface area contributed by atoms with Gasteiger partial charge >= 0.3 is 0 Å². The van der Waals surface area contributed by atoms with E-state index in [1.54, 1.807) is 0 Å². The summed E-state index contributed by atoms with van der Waals surface area (Å²) in [6, 6.07) is 2.05. The Bertz CT molecular complexity index is 395. The van der Waals surface area contributed by atoms with Crippen LogP contribution >= 0.6 is 0 Å². The monoisotopic (exact) mass is 248 g/mol. The van der Waals surface area contributed by atoms with E-state index in [1.807, 2.05) is 20.2 Å². The maximum Gasteiger partial charge on any atom is 0.134 e. The van der Waals surface area contributed by atoms with Crippen molar-refractivity contribution in [1.82, 2.24) is 14.9 Å². The summed E-state index contributed by atoms with van der Waals surface area (Å²) in [4.78, 5) is 13.9. The van der Waals surface area contributed by atoms with E-state index in [0.29, 0.717) is 5.92 Å². The third-order valence-corrected chi connectivity index (χ3v) is 3.72. The summed E-state index contributed by atoms with van der Waals surface area (Å²) in [6.45, 7) is 7.79. The molecule has 0 N–H and O–H groups in total. The fraction of sp³-hybridized carbons (Fsp3) is 0.714. The molecule has 4 heteroatoms. The van der Waals surface area contributed by atoms with Crippen molar-refractivity contribution < 1.29 is 0 Å². The molecule has 0 bridgehead atoms. The number of likely N-dealkylation sites (tertiary alicyclic amines) is 1. The number of aromatic nitrogens is 2. The van der Waals surface area contributed by atoms with E-state index in [9.17, 15) is 0 Å². The molecule has 0 aliphatic carbocycles. The first kappa shape index (κ1) is 13.3. The van der Waals surface area contributed by atoms with Gasteiger partial charge in [-0.3, -0.25) is 0 Å². The van der Waals surface area contributed by atoms with Crippen molar-refractivity contribution in [3.63, 3.8) is 0 Å². The van der Waals surface area contributed by atoms with Crippen molar-refractivity contribution >= 4 is 5.82 Å². The lowest BCUT2D eigenvalue weighted by atomic mass is 9.96. The second-order valence-corrected chi connectivity index (χ2v) is 5.33. The van der Waals surface area contributed by atoms with Gasteiger partial charge in [0.15, 0.2) is 0 Å². The van der Waals surface area contributed by atoms with Crippen LogP contribution in [0.4, 0.5) is 5.82 Å². The lowest BCUT2D eigenvalue weighted by Crippen LogP contribution is -2.33. The van der Waals surface area contributed by atoms with Crippen LogP contribution in [0.1, 0.15) is 37.2 Å². The largest absolute Gasteiger partial charge is 0.363 e. The third-order valence-electron chi connectivity index (χ3n) is 3.72. The van der Waals surface area contributed by atoms with Gasteiger partial charge in [-0.2, -0.15) is 0 Å². The Balaban J connectivity index is 2.13. The molecule has 0 saturated carbocycles. The van der Waals surface area contributed by atoms with Crippen molar-refractivity contribution in [3.8, 4) is 0 Å². The van der Waals surface area contributed by atoms with E-state index in [4.69, 9.17) is 4.98 Å². The van der Waals surface area contributed by atoms with Crippen molar-refractivity contribution in [2.75, 3.05) is 38.6 Å². The topological polar surface area (TPSA) is 32.3 Å². The molecule has 1 saturated heterocycles. The summed E-state index contributed by atoms with van der Waals surface area (Å²) in [5.74, 6) is 2.59. The first-order valence-corrected chi connectivity index (χ1v) is 6.85. The number of rotatable bonds is 3. The Morgan fingerprint density at radius 3 is 2.50 bits per heavy atom. The fourth-order valence-electron chi connectivity index (χ4n) is 2.49. The Hall–Kier alpha value is -1.16. The summed E-state index contributed by atoms with van der Waals surface area (Å²) in [7, 11) is 4.07. The van der Waals surface area contributed by atoms with Crippen LogP contribution < -0.4 is 4.90 Å². The molecule has 0 aromatic carbocycles. The van der Waals surface area contributed by atoms with Crippen LogP contribution in [0.25, 0.3) is 0 Å². The number of hydrogen-bond donors (Lipinski definition) is 0. The van der Waals surface area contributed by atoms with E-state index in [-0.39, 0.29) is 0 Å². The molecule has 0 radical (unpaired) electrons. The highest BCUT2D eigenvalue weighted by atomic mass is 15.2. The summed E-state index contributed by atoms with van der Waals surface area (Å²) in [5, 5.41) is 0. The van der Waals surface area contributed by atoms with Crippen LogP contribution in [0.3, 0.4) is 0 Å². The number of nitrogens with zero attached hydrogens (tertiary/aromatic N) is 4. The molecule has 1 aromatic heterocycles. The molecule has 1 aromatic rings. The van der Waals surface area contributed by atoms with Crippen molar-refractivity contribution in [2.45, 2.75) is 32.6 Å². The fourth-order valence-corrected chi connectivity index (χ4v) is 2.49.